The van der Waals surface area contributed by atoms with Crippen molar-refractivity contribution in [2.24, 2.45) is 5.73 Å². The van der Waals surface area contributed by atoms with Crippen LogP contribution < -0.4 is 5.73 Å². The molecule has 164 valence electrons. The lowest BCUT2D eigenvalue weighted by Gasteiger charge is -2.14. The molecule has 0 atom stereocenters. The number of carbonyl (C=O) groups excluding carboxylic acids is 1. The molecular formula is C17H14F6N2O4S. The molecule has 3 N–H and O–H groups in total. The molecule has 0 saturated heterocycles. The summed E-state index contributed by atoms with van der Waals surface area (Å²) in [4.78, 5) is 14.7. The second-order valence-corrected chi connectivity index (χ2v) is 6.94. The zero-order chi connectivity index (χ0) is 23.3. The monoisotopic (exact) mass is 456 g/mol. The van der Waals surface area contributed by atoms with E-state index < -0.39 is 45.1 Å². The molecule has 0 saturated carbocycles. The highest BCUT2D eigenvalue weighted by molar-refractivity contribution is 7.88. The van der Waals surface area contributed by atoms with Gasteiger partial charge in [0.25, 0.3) is 10.1 Å². The summed E-state index contributed by atoms with van der Waals surface area (Å²) in [5, 5.41) is 0.703. The fourth-order valence-electron chi connectivity index (χ4n) is 1.98. The molecule has 1 aromatic carbocycles. The van der Waals surface area contributed by atoms with Crippen LogP contribution in [0.4, 0.5) is 26.3 Å². The third kappa shape index (κ3) is 8.21. The average molecular weight is 456 g/mol. The SMILES string of the molecule is Cc1cccc(/C=C/S(=O)(=O)O)n1.NC(=O)c1ccc(C(F)(F)F)cc1C(F)(F)F. The van der Waals surface area contributed by atoms with Gasteiger partial charge in [-0.2, -0.15) is 34.8 Å². The number of benzene rings is 1. The van der Waals surface area contributed by atoms with Crippen LogP contribution in [0.2, 0.25) is 0 Å². The number of aryl methyl sites for hydroxylation is 1. The lowest BCUT2D eigenvalue weighted by molar-refractivity contribution is -0.143. The van der Waals surface area contributed by atoms with E-state index in [9.17, 15) is 39.6 Å². The van der Waals surface area contributed by atoms with Crippen LogP contribution in [0, 0.1) is 6.92 Å². The molecule has 0 spiro atoms. The number of primary amides is 1. The number of carbonyl (C=O) groups is 1. The molecule has 13 heteroatoms. The molecule has 0 fully saturated rings. The normalized spacial score (nSPS) is 12.4. The molecule has 0 unspecified atom stereocenters. The first-order valence-corrected chi connectivity index (χ1v) is 9.18. The van der Waals surface area contributed by atoms with E-state index in [2.05, 4.69) is 10.7 Å². The highest BCUT2D eigenvalue weighted by Crippen LogP contribution is 2.37. The van der Waals surface area contributed by atoms with E-state index in [-0.39, 0.29) is 6.07 Å². The quantitative estimate of drug-likeness (QED) is 0.535. The number of alkyl halides is 6. The van der Waals surface area contributed by atoms with E-state index in [0.29, 0.717) is 23.2 Å². The van der Waals surface area contributed by atoms with E-state index in [1.165, 1.54) is 6.08 Å². The maximum atomic E-state index is 12.4. The van der Waals surface area contributed by atoms with Crippen molar-refractivity contribution in [1.29, 1.82) is 0 Å². The number of pyridine rings is 1. The smallest absolute Gasteiger partial charge is 0.366 e. The molecule has 30 heavy (non-hydrogen) atoms. The number of hydrogen-bond donors (Lipinski definition) is 2. The molecule has 0 bridgehead atoms. The van der Waals surface area contributed by atoms with Crippen LogP contribution in [0.3, 0.4) is 0 Å². The summed E-state index contributed by atoms with van der Waals surface area (Å²) in [6.45, 7) is 1.80. The Labute approximate surface area is 166 Å². The van der Waals surface area contributed by atoms with Crippen LogP contribution in [0.1, 0.15) is 32.9 Å². The summed E-state index contributed by atoms with van der Waals surface area (Å²) in [5.41, 5.74) is 1.76. The Morgan fingerprint density at radius 3 is 2.10 bits per heavy atom. The Morgan fingerprint density at radius 2 is 1.67 bits per heavy atom. The molecule has 6 nitrogen and oxygen atoms in total. The first-order chi connectivity index (χ1) is 13.5. The van der Waals surface area contributed by atoms with Gasteiger partial charge in [0.2, 0.25) is 5.91 Å². The van der Waals surface area contributed by atoms with E-state index in [0.717, 1.165) is 5.69 Å². The van der Waals surface area contributed by atoms with Gasteiger partial charge >= 0.3 is 12.4 Å². The highest BCUT2D eigenvalue weighted by atomic mass is 32.2. The standard InChI is InChI=1S/C9H5F6NO.C8H9NO3S/c10-8(11,12)4-1-2-5(7(16)17)6(3-4)9(13,14)15;1-7-3-2-4-8(9-7)5-6-13(10,11)12/h1-3H,(H2,16,17);2-6H,1H3,(H,10,11,12)/b;6-5+. The van der Waals surface area contributed by atoms with Crippen molar-refractivity contribution in [3.05, 3.63) is 69.9 Å². The molecule has 1 heterocycles. The first-order valence-electron chi connectivity index (χ1n) is 7.68. The number of nitrogens with zero attached hydrogens (tertiary/aromatic N) is 1. The van der Waals surface area contributed by atoms with Gasteiger partial charge in [0.1, 0.15) is 0 Å². The molecular weight excluding hydrogens is 442 g/mol. The summed E-state index contributed by atoms with van der Waals surface area (Å²) >= 11 is 0. The summed E-state index contributed by atoms with van der Waals surface area (Å²) in [6.07, 6.45) is -8.76. The van der Waals surface area contributed by atoms with Crippen molar-refractivity contribution < 1.29 is 44.1 Å². The van der Waals surface area contributed by atoms with Crippen molar-refractivity contribution >= 4 is 22.1 Å². The predicted molar refractivity (Wildman–Crippen MR) is 94.5 cm³/mol. The molecule has 2 aromatic rings. The maximum Gasteiger partial charge on any atom is 0.417 e. The number of nitrogens with two attached hydrogens (primary N) is 1. The highest BCUT2D eigenvalue weighted by Gasteiger charge is 2.39. The second kappa shape index (κ2) is 9.26. The van der Waals surface area contributed by atoms with Gasteiger partial charge in [-0.3, -0.25) is 14.3 Å². The average Bonchev–Trinajstić information content (AvgIpc) is 2.58. The zero-order valence-electron chi connectivity index (χ0n) is 15.0. The summed E-state index contributed by atoms with van der Waals surface area (Å²) in [7, 11) is -4.06. The Hall–Kier alpha value is -2.93. The second-order valence-electron chi connectivity index (χ2n) is 5.64. The fourth-order valence-corrected chi connectivity index (χ4v) is 2.29. The zero-order valence-corrected chi connectivity index (χ0v) is 15.8. The van der Waals surface area contributed by atoms with E-state index in [4.69, 9.17) is 4.55 Å². The first kappa shape index (κ1) is 25.1. The van der Waals surface area contributed by atoms with Crippen LogP contribution in [0.25, 0.3) is 6.08 Å². The van der Waals surface area contributed by atoms with Crippen molar-refractivity contribution in [3.8, 4) is 0 Å². The van der Waals surface area contributed by atoms with Gasteiger partial charge < -0.3 is 5.73 Å². The minimum atomic E-state index is -5.08. The van der Waals surface area contributed by atoms with Gasteiger partial charge in [-0.1, -0.05) is 6.07 Å². The number of hydrogen-bond acceptors (Lipinski definition) is 4. The van der Waals surface area contributed by atoms with Gasteiger partial charge in [-0.25, -0.2) is 0 Å². The Bertz CT molecular complexity index is 1050. The van der Waals surface area contributed by atoms with Crippen LogP contribution in [-0.2, 0) is 22.5 Å². The predicted octanol–water partition coefficient (Wildman–Crippen LogP) is 4.07. The van der Waals surface area contributed by atoms with Crippen molar-refractivity contribution in [2.75, 3.05) is 0 Å². The lowest BCUT2D eigenvalue weighted by atomic mass is 10.0. The summed E-state index contributed by atoms with van der Waals surface area (Å²) in [6, 6.07) is 5.84. The van der Waals surface area contributed by atoms with Crippen LogP contribution in [0.5, 0.6) is 0 Å². The van der Waals surface area contributed by atoms with E-state index >= 15 is 0 Å². The molecule has 0 aliphatic rings. The number of halogens is 6. The van der Waals surface area contributed by atoms with Crippen molar-refractivity contribution in [2.45, 2.75) is 19.3 Å². The Morgan fingerprint density at radius 1 is 1.07 bits per heavy atom. The summed E-state index contributed by atoms with van der Waals surface area (Å²) in [5.74, 6) is -1.44. The van der Waals surface area contributed by atoms with Gasteiger partial charge in [0.15, 0.2) is 0 Å². The van der Waals surface area contributed by atoms with Gasteiger partial charge in [-0.15, -0.1) is 0 Å². The van der Waals surface area contributed by atoms with Crippen LogP contribution in [-0.4, -0.2) is 23.9 Å². The minimum Gasteiger partial charge on any atom is -0.366 e. The molecule has 2 rings (SSSR count). The topological polar surface area (TPSA) is 110 Å². The molecule has 0 aliphatic carbocycles. The van der Waals surface area contributed by atoms with Crippen LogP contribution in [0.15, 0.2) is 41.8 Å². The van der Waals surface area contributed by atoms with E-state index in [1.54, 1.807) is 25.1 Å². The fraction of sp³-hybridized carbons (Fsp3) is 0.176. The van der Waals surface area contributed by atoms with Gasteiger partial charge in [0, 0.05) is 5.69 Å². The molecule has 1 aromatic heterocycles. The third-order valence-corrected chi connectivity index (χ3v) is 3.72. The Balaban J connectivity index is 0.000000311. The molecule has 0 aliphatic heterocycles. The molecule has 1 amide bonds. The molecule has 0 radical (unpaired) electrons. The minimum absolute atomic E-state index is 0.139. The van der Waals surface area contributed by atoms with Crippen LogP contribution >= 0.6 is 0 Å². The van der Waals surface area contributed by atoms with Crippen molar-refractivity contribution in [1.82, 2.24) is 4.98 Å². The van der Waals surface area contributed by atoms with Gasteiger partial charge in [0.05, 0.1) is 27.8 Å². The van der Waals surface area contributed by atoms with Crippen molar-refractivity contribution in [3.63, 3.8) is 0 Å². The largest absolute Gasteiger partial charge is 0.417 e. The van der Waals surface area contributed by atoms with E-state index in [1.807, 2.05) is 0 Å². The third-order valence-electron chi connectivity index (χ3n) is 3.24. The maximum absolute atomic E-state index is 12.4. The summed E-state index contributed by atoms with van der Waals surface area (Å²) < 4.78 is 103. The number of aromatic nitrogens is 1. The lowest BCUT2D eigenvalue weighted by Crippen LogP contribution is -2.20. The number of amides is 1. The number of rotatable bonds is 3. The Kier molecular flexibility index (Phi) is 7.75. The van der Waals surface area contributed by atoms with Gasteiger partial charge in [-0.05, 0) is 43.3 Å².